The lowest BCUT2D eigenvalue weighted by Crippen LogP contribution is -2.38. The lowest BCUT2D eigenvalue weighted by molar-refractivity contribution is -0.0794. The molecule has 1 aliphatic rings. The fourth-order valence-electron chi connectivity index (χ4n) is 1.99. The molecule has 0 amide bonds. The summed E-state index contributed by atoms with van der Waals surface area (Å²) >= 11 is 0. The normalized spacial score (nSPS) is 14.7. The molecule has 4 nitrogen and oxygen atoms in total. The molecule has 0 saturated carbocycles. The van der Waals surface area contributed by atoms with Crippen LogP contribution in [0, 0.1) is 0 Å². The van der Waals surface area contributed by atoms with Gasteiger partial charge in [-0.2, -0.15) is 0 Å². The number of para-hydroxylation sites is 1. The van der Waals surface area contributed by atoms with Crippen molar-refractivity contribution < 1.29 is 14.3 Å². The molecule has 4 heteroatoms. The Hall–Kier alpha value is -2.20. The highest BCUT2D eigenvalue weighted by molar-refractivity contribution is 5.88. The zero-order valence-corrected chi connectivity index (χ0v) is 10.3. The molecule has 3 rings (SSSR count). The predicted molar refractivity (Wildman–Crippen MR) is 70.3 cm³/mol. The van der Waals surface area contributed by atoms with E-state index in [1.54, 1.807) is 18.5 Å². The van der Waals surface area contributed by atoms with Gasteiger partial charge in [-0.25, -0.2) is 0 Å². The van der Waals surface area contributed by atoms with Gasteiger partial charge in [0.1, 0.15) is 11.9 Å². The molecule has 0 aliphatic carbocycles. The van der Waals surface area contributed by atoms with E-state index in [0.29, 0.717) is 18.8 Å². The molecule has 96 valence electrons. The maximum absolute atomic E-state index is 11.1. The summed E-state index contributed by atoms with van der Waals surface area (Å²) < 4.78 is 11.0. The maximum Gasteiger partial charge on any atom is 0.150 e. The Morgan fingerprint density at radius 2 is 2.05 bits per heavy atom. The van der Waals surface area contributed by atoms with E-state index >= 15 is 0 Å². The van der Waals surface area contributed by atoms with Crippen molar-refractivity contribution in [1.29, 1.82) is 0 Å². The van der Waals surface area contributed by atoms with Crippen molar-refractivity contribution in [2.75, 3.05) is 13.2 Å². The smallest absolute Gasteiger partial charge is 0.150 e. The third-order valence-corrected chi connectivity index (χ3v) is 3.06. The Morgan fingerprint density at radius 3 is 2.79 bits per heavy atom. The van der Waals surface area contributed by atoms with Gasteiger partial charge in [-0.15, -0.1) is 0 Å². The monoisotopic (exact) mass is 255 g/mol. The van der Waals surface area contributed by atoms with Gasteiger partial charge < -0.3 is 9.47 Å². The first-order valence-electron chi connectivity index (χ1n) is 6.11. The molecular formula is C15H13NO3. The molecule has 1 fully saturated rings. The molecule has 1 aromatic carbocycles. The quantitative estimate of drug-likeness (QED) is 0.787. The number of aromatic nitrogens is 1. The van der Waals surface area contributed by atoms with Gasteiger partial charge in [0.05, 0.1) is 13.2 Å². The lowest BCUT2D eigenvalue weighted by atomic mass is 10.0. The van der Waals surface area contributed by atoms with Crippen molar-refractivity contribution in [3.8, 4) is 16.9 Å². The van der Waals surface area contributed by atoms with Gasteiger partial charge in [-0.05, 0) is 12.1 Å². The van der Waals surface area contributed by atoms with Gasteiger partial charge in [-0.3, -0.25) is 9.78 Å². The molecule has 0 radical (unpaired) electrons. The van der Waals surface area contributed by atoms with E-state index in [2.05, 4.69) is 4.98 Å². The number of nitrogens with zero attached hydrogens (tertiary/aromatic N) is 1. The fourth-order valence-corrected chi connectivity index (χ4v) is 1.99. The SMILES string of the molecule is O=Cc1ccncc1-c1ccccc1OC1COC1. The van der Waals surface area contributed by atoms with Crippen LogP contribution in [0.5, 0.6) is 5.75 Å². The number of ether oxygens (including phenoxy) is 2. The summed E-state index contributed by atoms with van der Waals surface area (Å²) in [6, 6.07) is 9.36. The van der Waals surface area contributed by atoms with Gasteiger partial charge in [0, 0.05) is 29.1 Å². The van der Waals surface area contributed by atoms with Gasteiger partial charge in [0.25, 0.3) is 0 Å². The van der Waals surface area contributed by atoms with Crippen molar-refractivity contribution in [2.45, 2.75) is 6.10 Å². The first-order chi connectivity index (χ1) is 9.38. The van der Waals surface area contributed by atoms with E-state index in [0.717, 1.165) is 23.2 Å². The molecular weight excluding hydrogens is 242 g/mol. The second-order valence-electron chi connectivity index (χ2n) is 4.35. The number of carbonyl (C=O) groups is 1. The van der Waals surface area contributed by atoms with E-state index in [-0.39, 0.29) is 6.10 Å². The molecule has 1 aliphatic heterocycles. The molecule has 2 heterocycles. The number of carbonyl (C=O) groups excluding carboxylic acids is 1. The molecule has 0 spiro atoms. The number of hydrogen-bond acceptors (Lipinski definition) is 4. The Labute approximate surface area is 111 Å². The third kappa shape index (κ3) is 2.35. The van der Waals surface area contributed by atoms with Crippen LogP contribution in [0.4, 0.5) is 0 Å². The van der Waals surface area contributed by atoms with Crippen molar-refractivity contribution in [3.05, 3.63) is 48.3 Å². The van der Waals surface area contributed by atoms with Crippen LogP contribution < -0.4 is 4.74 Å². The highest BCUT2D eigenvalue weighted by Gasteiger charge is 2.21. The predicted octanol–water partition coefficient (Wildman–Crippen LogP) is 2.34. The summed E-state index contributed by atoms with van der Waals surface area (Å²) in [7, 11) is 0. The number of pyridine rings is 1. The molecule has 2 aromatic rings. The molecule has 0 atom stereocenters. The van der Waals surface area contributed by atoms with Crippen LogP contribution in [0.2, 0.25) is 0 Å². The van der Waals surface area contributed by atoms with E-state index in [1.165, 1.54) is 0 Å². The topological polar surface area (TPSA) is 48.4 Å². The fraction of sp³-hybridized carbons (Fsp3) is 0.200. The number of benzene rings is 1. The first-order valence-corrected chi connectivity index (χ1v) is 6.11. The number of hydrogen-bond donors (Lipinski definition) is 0. The molecule has 0 N–H and O–H groups in total. The second kappa shape index (κ2) is 5.20. The number of aldehydes is 1. The van der Waals surface area contributed by atoms with E-state index in [9.17, 15) is 4.79 Å². The Balaban J connectivity index is 2.01. The minimum Gasteiger partial charge on any atom is -0.485 e. The third-order valence-electron chi connectivity index (χ3n) is 3.06. The second-order valence-corrected chi connectivity index (χ2v) is 4.35. The standard InChI is InChI=1S/C15H13NO3/c17-8-11-5-6-16-7-14(11)13-3-1-2-4-15(13)19-12-9-18-10-12/h1-8,12H,9-10H2. The average molecular weight is 255 g/mol. The lowest BCUT2D eigenvalue weighted by Gasteiger charge is -2.27. The molecule has 1 aromatic heterocycles. The maximum atomic E-state index is 11.1. The zero-order chi connectivity index (χ0) is 13.1. The minimum absolute atomic E-state index is 0.0949. The van der Waals surface area contributed by atoms with Crippen molar-refractivity contribution in [2.24, 2.45) is 0 Å². The molecule has 1 saturated heterocycles. The van der Waals surface area contributed by atoms with E-state index in [4.69, 9.17) is 9.47 Å². The summed E-state index contributed by atoms with van der Waals surface area (Å²) in [5.41, 5.74) is 2.27. The van der Waals surface area contributed by atoms with Crippen LogP contribution in [-0.4, -0.2) is 30.6 Å². The highest BCUT2D eigenvalue weighted by Crippen LogP contribution is 2.32. The van der Waals surface area contributed by atoms with Crippen molar-refractivity contribution in [1.82, 2.24) is 4.98 Å². The van der Waals surface area contributed by atoms with Crippen LogP contribution in [0.25, 0.3) is 11.1 Å². The van der Waals surface area contributed by atoms with Crippen LogP contribution in [0.3, 0.4) is 0 Å². The largest absolute Gasteiger partial charge is 0.485 e. The number of rotatable bonds is 4. The first kappa shape index (κ1) is 11.9. The summed E-state index contributed by atoms with van der Waals surface area (Å²) in [6.07, 6.45) is 4.22. The van der Waals surface area contributed by atoms with Crippen LogP contribution >= 0.6 is 0 Å². The zero-order valence-electron chi connectivity index (χ0n) is 10.3. The minimum atomic E-state index is 0.0949. The Bertz CT molecular complexity index is 593. The van der Waals surface area contributed by atoms with Crippen LogP contribution in [0.15, 0.2) is 42.7 Å². The molecule has 0 bridgehead atoms. The van der Waals surface area contributed by atoms with Crippen molar-refractivity contribution in [3.63, 3.8) is 0 Å². The Kier molecular flexibility index (Phi) is 3.25. The van der Waals surface area contributed by atoms with Crippen LogP contribution in [-0.2, 0) is 4.74 Å². The van der Waals surface area contributed by atoms with E-state index in [1.807, 2.05) is 24.3 Å². The van der Waals surface area contributed by atoms with Crippen molar-refractivity contribution >= 4 is 6.29 Å². The van der Waals surface area contributed by atoms with Gasteiger partial charge >= 0.3 is 0 Å². The highest BCUT2D eigenvalue weighted by atomic mass is 16.6. The summed E-state index contributed by atoms with van der Waals surface area (Å²) in [6.45, 7) is 1.23. The summed E-state index contributed by atoms with van der Waals surface area (Å²) in [4.78, 5) is 15.2. The molecule has 19 heavy (non-hydrogen) atoms. The van der Waals surface area contributed by atoms with Gasteiger partial charge in [0.15, 0.2) is 6.29 Å². The van der Waals surface area contributed by atoms with Gasteiger partial charge in [0.2, 0.25) is 0 Å². The summed E-state index contributed by atoms with van der Waals surface area (Å²) in [5, 5.41) is 0. The summed E-state index contributed by atoms with van der Waals surface area (Å²) in [5.74, 6) is 0.756. The Morgan fingerprint density at radius 1 is 1.21 bits per heavy atom. The molecule has 0 unspecified atom stereocenters. The van der Waals surface area contributed by atoms with E-state index < -0.39 is 0 Å². The van der Waals surface area contributed by atoms with Crippen LogP contribution in [0.1, 0.15) is 10.4 Å². The average Bonchev–Trinajstić information content (AvgIpc) is 2.43. The van der Waals surface area contributed by atoms with Gasteiger partial charge in [-0.1, -0.05) is 18.2 Å².